The van der Waals surface area contributed by atoms with Crippen molar-refractivity contribution in [3.05, 3.63) is 65.2 Å². The van der Waals surface area contributed by atoms with Crippen molar-refractivity contribution >= 4 is 39.4 Å². The summed E-state index contributed by atoms with van der Waals surface area (Å²) in [6, 6.07) is 13.1. The number of sulfone groups is 1. The molecule has 0 spiro atoms. The second-order valence-electron chi connectivity index (χ2n) is 5.52. The Hall–Kier alpha value is -2.97. The van der Waals surface area contributed by atoms with Gasteiger partial charge in [-0.05, 0) is 29.8 Å². The topological polar surface area (TPSA) is 102 Å². The lowest BCUT2D eigenvalue weighted by Crippen LogP contribution is -2.07. The molecule has 0 saturated carbocycles. The Balaban J connectivity index is 1.78. The SMILES string of the molecule is CS(=O)(=O)c1ccccc1-c1nnc(NC(=O)C=Cc2ccccc2Cl)o1. The van der Waals surface area contributed by atoms with Crippen LogP contribution in [0.25, 0.3) is 17.5 Å². The lowest BCUT2D eigenvalue weighted by molar-refractivity contribution is -0.112. The molecular weight excluding hydrogens is 390 g/mol. The van der Waals surface area contributed by atoms with E-state index in [2.05, 4.69) is 15.5 Å². The number of hydrogen-bond donors (Lipinski definition) is 1. The van der Waals surface area contributed by atoms with Gasteiger partial charge in [0.1, 0.15) is 0 Å². The quantitative estimate of drug-likeness (QED) is 0.654. The number of carbonyl (C=O) groups is 1. The first-order valence-corrected chi connectivity index (χ1v) is 9.98. The molecule has 1 aromatic heterocycles. The molecule has 1 amide bonds. The molecule has 0 saturated heterocycles. The molecule has 0 aliphatic heterocycles. The predicted molar refractivity (Wildman–Crippen MR) is 102 cm³/mol. The molecule has 0 unspecified atom stereocenters. The van der Waals surface area contributed by atoms with Gasteiger partial charge >= 0.3 is 6.01 Å². The second kappa shape index (κ2) is 7.73. The van der Waals surface area contributed by atoms with E-state index in [-0.39, 0.29) is 22.4 Å². The fraction of sp³-hybridized carbons (Fsp3) is 0.0556. The van der Waals surface area contributed by atoms with E-state index >= 15 is 0 Å². The molecule has 27 heavy (non-hydrogen) atoms. The number of halogens is 1. The van der Waals surface area contributed by atoms with Gasteiger partial charge in [0, 0.05) is 17.4 Å². The summed E-state index contributed by atoms with van der Waals surface area (Å²) >= 11 is 6.02. The monoisotopic (exact) mass is 403 g/mol. The normalized spacial score (nSPS) is 11.6. The van der Waals surface area contributed by atoms with E-state index in [0.29, 0.717) is 10.6 Å². The van der Waals surface area contributed by atoms with Crippen molar-refractivity contribution in [1.82, 2.24) is 10.2 Å². The van der Waals surface area contributed by atoms with Gasteiger partial charge in [0.25, 0.3) is 11.8 Å². The van der Waals surface area contributed by atoms with Crippen molar-refractivity contribution in [2.24, 2.45) is 0 Å². The summed E-state index contributed by atoms with van der Waals surface area (Å²) in [4.78, 5) is 12.1. The Labute approximate surface area is 160 Å². The second-order valence-corrected chi connectivity index (χ2v) is 7.92. The Morgan fingerprint density at radius 1 is 1.11 bits per heavy atom. The lowest BCUT2D eigenvalue weighted by atomic mass is 10.2. The van der Waals surface area contributed by atoms with Gasteiger partial charge in [0.05, 0.1) is 10.5 Å². The molecule has 1 N–H and O–H groups in total. The van der Waals surface area contributed by atoms with Gasteiger partial charge in [-0.15, -0.1) is 5.10 Å². The van der Waals surface area contributed by atoms with Crippen molar-refractivity contribution in [2.75, 3.05) is 11.6 Å². The van der Waals surface area contributed by atoms with Gasteiger partial charge in [-0.1, -0.05) is 47.0 Å². The molecule has 138 valence electrons. The number of aromatic nitrogens is 2. The molecule has 0 atom stereocenters. The molecule has 3 aromatic rings. The van der Waals surface area contributed by atoms with E-state index in [1.165, 1.54) is 12.1 Å². The van der Waals surface area contributed by atoms with Gasteiger partial charge in [-0.3, -0.25) is 10.1 Å². The molecule has 2 aromatic carbocycles. The van der Waals surface area contributed by atoms with E-state index in [9.17, 15) is 13.2 Å². The summed E-state index contributed by atoms with van der Waals surface area (Å²) in [7, 11) is -3.48. The molecule has 1 heterocycles. The average Bonchev–Trinajstić information content (AvgIpc) is 3.08. The minimum atomic E-state index is -3.48. The number of hydrogen-bond acceptors (Lipinski definition) is 6. The highest BCUT2D eigenvalue weighted by Gasteiger charge is 2.19. The van der Waals surface area contributed by atoms with Crippen LogP contribution in [0.4, 0.5) is 6.01 Å². The first-order valence-electron chi connectivity index (χ1n) is 7.71. The smallest absolute Gasteiger partial charge is 0.322 e. The number of benzene rings is 2. The van der Waals surface area contributed by atoms with Gasteiger partial charge in [0.2, 0.25) is 0 Å². The van der Waals surface area contributed by atoms with Crippen LogP contribution in [0.3, 0.4) is 0 Å². The van der Waals surface area contributed by atoms with E-state index in [1.807, 2.05) is 0 Å². The highest BCUT2D eigenvalue weighted by atomic mass is 35.5. The van der Waals surface area contributed by atoms with Crippen LogP contribution in [0.2, 0.25) is 5.02 Å². The first kappa shape index (κ1) is 18.8. The van der Waals surface area contributed by atoms with Crippen LogP contribution in [-0.4, -0.2) is 30.8 Å². The van der Waals surface area contributed by atoms with Gasteiger partial charge < -0.3 is 4.42 Å². The van der Waals surface area contributed by atoms with Crippen molar-refractivity contribution in [3.8, 4) is 11.5 Å². The van der Waals surface area contributed by atoms with Crippen molar-refractivity contribution < 1.29 is 17.6 Å². The van der Waals surface area contributed by atoms with Crippen LogP contribution in [0.1, 0.15) is 5.56 Å². The fourth-order valence-corrected chi connectivity index (χ4v) is 3.35. The van der Waals surface area contributed by atoms with Crippen LogP contribution in [-0.2, 0) is 14.6 Å². The highest BCUT2D eigenvalue weighted by Crippen LogP contribution is 2.27. The average molecular weight is 404 g/mol. The van der Waals surface area contributed by atoms with Crippen LogP contribution in [0.15, 0.2) is 63.9 Å². The third kappa shape index (κ3) is 4.60. The number of nitrogens with one attached hydrogen (secondary N) is 1. The van der Waals surface area contributed by atoms with Crippen LogP contribution in [0.5, 0.6) is 0 Å². The zero-order valence-corrected chi connectivity index (χ0v) is 15.7. The molecule has 0 fully saturated rings. The van der Waals surface area contributed by atoms with Crippen LogP contribution >= 0.6 is 11.6 Å². The molecule has 9 heteroatoms. The third-order valence-electron chi connectivity index (χ3n) is 3.49. The molecule has 0 aliphatic rings. The van der Waals surface area contributed by atoms with Gasteiger partial charge in [-0.2, -0.15) is 0 Å². The Morgan fingerprint density at radius 3 is 2.56 bits per heavy atom. The molecule has 0 radical (unpaired) electrons. The molecule has 3 rings (SSSR count). The Morgan fingerprint density at radius 2 is 1.81 bits per heavy atom. The van der Waals surface area contributed by atoms with E-state index in [0.717, 1.165) is 6.26 Å². The largest absolute Gasteiger partial charge is 0.403 e. The minimum absolute atomic E-state index is 0.0126. The first-order chi connectivity index (χ1) is 12.8. The Kier molecular flexibility index (Phi) is 5.38. The zero-order chi connectivity index (χ0) is 19.4. The summed E-state index contributed by atoms with van der Waals surface area (Å²) in [5.74, 6) is -0.511. The number of amides is 1. The lowest BCUT2D eigenvalue weighted by Gasteiger charge is -2.03. The molecule has 0 aliphatic carbocycles. The summed E-state index contributed by atoms with van der Waals surface area (Å²) in [5.41, 5.74) is 0.947. The number of rotatable bonds is 5. The summed E-state index contributed by atoms with van der Waals surface area (Å²) in [5, 5.41) is 10.5. The van der Waals surface area contributed by atoms with E-state index in [4.69, 9.17) is 16.0 Å². The highest BCUT2D eigenvalue weighted by molar-refractivity contribution is 7.90. The van der Waals surface area contributed by atoms with Gasteiger partial charge in [0.15, 0.2) is 9.84 Å². The maximum atomic E-state index is 12.0. The maximum Gasteiger partial charge on any atom is 0.322 e. The number of nitrogens with zero attached hydrogens (tertiary/aromatic N) is 2. The van der Waals surface area contributed by atoms with Crippen molar-refractivity contribution in [1.29, 1.82) is 0 Å². The zero-order valence-electron chi connectivity index (χ0n) is 14.1. The maximum absolute atomic E-state index is 12.0. The summed E-state index contributed by atoms with van der Waals surface area (Å²) in [6.07, 6.45) is 3.91. The predicted octanol–water partition coefficient (Wildman–Crippen LogP) is 3.45. The fourth-order valence-electron chi connectivity index (χ4n) is 2.27. The van der Waals surface area contributed by atoms with Crippen LogP contribution in [0, 0.1) is 0 Å². The Bertz CT molecular complexity index is 1120. The summed E-state index contributed by atoms with van der Waals surface area (Å²) in [6.45, 7) is 0. The van der Waals surface area contributed by atoms with E-state index in [1.54, 1.807) is 48.5 Å². The third-order valence-corrected chi connectivity index (χ3v) is 4.99. The standard InChI is InChI=1S/C18H14ClN3O4S/c1-27(24,25)15-9-5-3-7-13(15)17-21-22-18(26-17)20-16(23)11-10-12-6-2-4-8-14(12)19/h2-11H,1H3,(H,20,22,23). The van der Waals surface area contributed by atoms with Crippen molar-refractivity contribution in [3.63, 3.8) is 0 Å². The molecular formula is C18H14ClN3O4S. The number of anilines is 1. The number of carbonyl (C=O) groups excluding carboxylic acids is 1. The van der Waals surface area contributed by atoms with Crippen molar-refractivity contribution in [2.45, 2.75) is 4.90 Å². The minimum Gasteiger partial charge on any atom is -0.403 e. The van der Waals surface area contributed by atoms with Crippen LogP contribution < -0.4 is 5.32 Å². The van der Waals surface area contributed by atoms with Gasteiger partial charge in [-0.25, -0.2) is 8.42 Å². The van der Waals surface area contributed by atoms with E-state index < -0.39 is 15.7 Å². The summed E-state index contributed by atoms with van der Waals surface area (Å²) < 4.78 is 29.1. The molecule has 7 nitrogen and oxygen atoms in total. The molecule has 0 bridgehead atoms.